The zero-order chi connectivity index (χ0) is 16.6. The van der Waals surface area contributed by atoms with Crippen molar-refractivity contribution >= 4 is 50.7 Å². The first-order valence-electron chi connectivity index (χ1n) is 6.76. The molecule has 0 saturated carbocycles. The van der Waals surface area contributed by atoms with E-state index < -0.39 is 22.5 Å². The number of thiophene rings is 1. The van der Waals surface area contributed by atoms with E-state index in [2.05, 4.69) is 0 Å². The molecule has 1 fully saturated rings. The van der Waals surface area contributed by atoms with E-state index in [9.17, 15) is 18.0 Å². The SMILES string of the molecule is O=C(O)CN1C(=O)CSc2sc(S(=O)(=O)N3CCOCC3)cc21. The number of thioether (sulfide) groups is 1. The molecule has 1 N–H and O–H groups in total. The Kier molecular flexibility index (Phi) is 4.65. The highest BCUT2D eigenvalue weighted by Gasteiger charge is 2.34. The van der Waals surface area contributed by atoms with Crippen molar-refractivity contribution in [1.82, 2.24) is 4.31 Å². The predicted octanol–water partition coefficient (Wildman–Crippen LogP) is 0.292. The zero-order valence-electron chi connectivity index (χ0n) is 11.9. The summed E-state index contributed by atoms with van der Waals surface area (Å²) in [6, 6.07) is 1.40. The van der Waals surface area contributed by atoms with Gasteiger partial charge < -0.3 is 9.84 Å². The highest BCUT2D eigenvalue weighted by molar-refractivity contribution is 8.02. The van der Waals surface area contributed by atoms with Gasteiger partial charge >= 0.3 is 5.97 Å². The van der Waals surface area contributed by atoms with Gasteiger partial charge in [-0.3, -0.25) is 14.5 Å². The second kappa shape index (κ2) is 6.40. The number of sulfonamides is 1. The third-order valence-electron chi connectivity index (χ3n) is 3.43. The summed E-state index contributed by atoms with van der Waals surface area (Å²) in [6.45, 7) is 0.803. The van der Waals surface area contributed by atoms with Crippen molar-refractivity contribution in [2.45, 2.75) is 8.42 Å². The zero-order valence-corrected chi connectivity index (χ0v) is 14.4. The maximum atomic E-state index is 12.7. The lowest BCUT2D eigenvalue weighted by Crippen LogP contribution is -2.40. The predicted molar refractivity (Wildman–Crippen MR) is 84.6 cm³/mol. The molecule has 126 valence electrons. The molecule has 0 unspecified atom stereocenters. The van der Waals surface area contributed by atoms with Gasteiger partial charge in [0.15, 0.2) is 0 Å². The molecule has 23 heavy (non-hydrogen) atoms. The van der Waals surface area contributed by atoms with Crippen LogP contribution in [-0.4, -0.2) is 68.3 Å². The molecular weight excluding hydrogens is 364 g/mol. The smallest absolute Gasteiger partial charge is 0.323 e. The number of hydrogen-bond acceptors (Lipinski definition) is 7. The number of morpholine rings is 1. The van der Waals surface area contributed by atoms with Crippen molar-refractivity contribution in [2.75, 3.05) is 43.5 Å². The number of carboxylic acids is 1. The molecule has 0 aliphatic carbocycles. The van der Waals surface area contributed by atoms with Gasteiger partial charge in [0.25, 0.3) is 10.0 Å². The lowest BCUT2D eigenvalue weighted by Gasteiger charge is -2.25. The first-order chi connectivity index (χ1) is 10.9. The fourth-order valence-electron chi connectivity index (χ4n) is 2.32. The molecule has 0 spiro atoms. The van der Waals surface area contributed by atoms with E-state index in [-0.39, 0.29) is 29.0 Å². The van der Waals surface area contributed by atoms with Crippen LogP contribution in [0.15, 0.2) is 14.5 Å². The fourth-order valence-corrected chi connectivity index (χ4v) is 6.65. The minimum atomic E-state index is -3.65. The van der Waals surface area contributed by atoms with Crippen molar-refractivity contribution in [3.63, 3.8) is 0 Å². The van der Waals surface area contributed by atoms with Gasteiger partial charge in [-0.05, 0) is 6.07 Å². The average molecular weight is 378 g/mol. The molecule has 2 aliphatic rings. The second-order valence-corrected chi connectivity index (χ2v) is 9.38. The number of ether oxygens (including phenoxy) is 1. The molecule has 3 heterocycles. The molecule has 0 atom stereocenters. The van der Waals surface area contributed by atoms with Crippen LogP contribution in [0, 0.1) is 0 Å². The molecule has 0 bridgehead atoms. The number of amides is 1. The molecule has 0 aromatic carbocycles. The quantitative estimate of drug-likeness (QED) is 0.803. The number of hydrogen-bond donors (Lipinski definition) is 1. The van der Waals surface area contributed by atoms with E-state index in [0.717, 1.165) is 16.2 Å². The first kappa shape index (κ1) is 16.7. The molecule has 0 radical (unpaired) electrons. The van der Waals surface area contributed by atoms with Crippen LogP contribution in [0.4, 0.5) is 5.69 Å². The number of fused-ring (bicyclic) bond motifs is 1. The third-order valence-corrected chi connectivity index (χ3v) is 8.17. The Hall–Kier alpha value is -1.14. The van der Waals surface area contributed by atoms with Crippen molar-refractivity contribution in [2.24, 2.45) is 0 Å². The molecule has 1 saturated heterocycles. The Bertz CT molecular complexity index is 738. The highest BCUT2D eigenvalue weighted by atomic mass is 32.3. The molecule has 1 aromatic heterocycles. The second-order valence-electron chi connectivity index (χ2n) is 4.92. The minimum Gasteiger partial charge on any atom is -0.480 e. The van der Waals surface area contributed by atoms with Crippen LogP contribution in [0.3, 0.4) is 0 Å². The van der Waals surface area contributed by atoms with E-state index in [1.54, 1.807) is 0 Å². The van der Waals surface area contributed by atoms with Gasteiger partial charge in [0.05, 0.1) is 28.9 Å². The van der Waals surface area contributed by atoms with Gasteiger partial charge in [0.2, 0.25) is 5.91 Å². The number of rotatable bonds is 4. The van der Waals surface area contributed by atoms with Crippen LogP contribution in [0.1, 0.15) is 0 Å². The van der Waals surface area contributed by atoms with Crippen molar-refractivity contribution in [1.29, 1.82) is 0 Å². The van der Waals surface area contributed by atoms with Crippen molar-refractivity contribution in [3.05, 3.63) is 6.07 Å². The van der Waals surface area contributed by atoms with E-state index in [0.29, 0.717) is 23.1 Å². The summed E-state index contributed by atoms with van der Waals surface area (Å²) in [4.78, 5) is 24.0. The van der Waals surface area contributed by atoms with Crippen LogP contribution in [-0.2, 0) is 24.3 Å². The van der Waals surface area contributed by atoms with Gasteiger partial charge in [0.1, 0.15) is 10.8 Å². The molecular formula is C12H14N2O6S3. The molecule has 11 heteroatoms. The average Bonchev–Trinajstić information content (AvgIpc) is 2.96. The summed E-state index contributed by atoms with van der Waals surface area (Å²) >= 11 is 2.31. The number of carbonyl (C=O) groups excluding carboxylic acids is 1. The van der Waals surface area contributed by atoms with Crippen LogP contribution >= 0.6 is 23.1 Å². The molecule has 3 rings (SSSR count). The van der Waals surface area contributed by atoms with Crippen LogP contribution in [0.5, 0.6) is 0 Å². The summed E-state index contributed by atoms with van der Waals surface area (Å²) in [5, 5.41) is 8.94. The van der Waals surface area contributed by atoms with Crippen molar-refractivity contribution < 1.29 is 27.9 Å². The fraction of sp³-hybridized carbons (Fsp3) is 0.500. The molecule has 1 aromatic rings. The topological polar surface area (TPSA) is 104 Å². The van der Waals surface area contributed by atoms with Gasteiger partial charge in [-0.25, -0.2) is 8.42 Å². The van der Waals surface area contributed by atoms with Crippen LogP contribution < -0.4 is 4.90 Å². The van der Waals surface area contributed by atoms with Crippen molar-refractivity contribution in [3.8, 4) is 0 Å². The molecule has 1 amide bonds. The number of anilines is 1. The number of carbonyl (C=O) groups is 2. The Morgan fingerprint density at radius 3 is 2.70 bits per heavy atom. The monoisotopic (exact) mass is 378 g/mol. The summed E-state index contributed by atoms with van der Waals surface area (Å²) < 4.78 is 32.6. The molecule has 2 aliphatic heterocycles. The normalized spacial score (nSPS) is 19.7. The summed E-state index contributed by atoms with van der Waals surface area (Å²) in [5.74, 6) is -1.37. The maximum absolute atomic E-state index is 12.7. The standard InChI is InChI=1S/C12H14N2O6S3/c15-9-7-21-12-8(14(9)6-10(16)17)5-11(22-12)23(18,19)13-1-3-20-4-2-13/h5H,1-4,6-7H2,(H,16,17). The van der Waals surface area contributed by atoms with E-state index in [1.807, 2.05) is 0 Å². The summed E-state index contributed by atoms with van der Waals surface area (Å²) in [7, 11) is -3.65. The number of carboxylic acid groups (broad SMARTS) is 1. The Morgan fingerprint density at radius 1 is 1.35 bits per heavy atom. The van der Waals surface area contributed by atoms with Gasteiger partial charge in [-0.15, -0.1) is 23.1 Å². The van der Waals surface area contributed by atoms with Crippen LogP contribution in [0.25, 0.3) is 0 Å². The van der Waals surface area contributed by atoms with Crippen LogP contribution in [0.2, 0.25) is 0 Å². The maximum Gasteiger partial charge on any atom is 0.323 e. The summed E-state index contributed by atoms with van der Waals surface area (Å²) in [5.41, 5.74) is 0.366. The van der Waals surface area contributed by atoms with Gasteiger partial charge in [-0.2, -0.15) is 4.31 Å². The Morgan fingerprint density at radius 2 is 2.04 bits per heavy atom. The Labute approximate surface area is 141 Å². The van der Waals surface area contributed by atoms with E-state index in [4.69, 9.17) is 9.84 Å². The third kappa shape index (κ3) is 3.24. The van der Waals surface area contributed by atoms with E-state index in [1.165, 1.54) is 22.1 Å². The van der Waals surface area contributed by atoms with Gasteiger partial charge in [-0.1, -0.05) is 0 Å². The highest BCUT2D eigenvalue weighted by Crippen LogP contribution is 2.44. The van der Waals surface area contributed by atoms with E-state index >= 15 is 0 Å². The Balaban J connectivity index is 1.94. The first-order valence-corrected chi connectivity index (χ1v) is 10.0. The number of aliphatic carboxylic acids is 1. The lowest BCUT2D eigenvalue weighted by atomic mass is 10.4. The van der Waals surface area contributed by atoms with Gasteiger partial charge in [0, 0.05) is 13.1 Å². The molecule has 8 nitrogen and oxygen atoms in total. The summed E-state index contributed by atoms with van der Waals surface area (Å²) in [6.07, 6.45) is 0. The minimum absolute atomic E-state index is 0.109. The number of nitrogens with zero attached hydrogens (tertiary/aromatic N) is 2. The lowest BCUT2D eigenvalue weighted by molar-refractivity contribution is -0.136. The largest absolute Gasteiger partial charge is 0.480 e.